The molecule has 2 aromatic carbocycles. The van der Waals surface area contributed by atoms with Gasteiger partial charge in [0.15, 0.2) is 5.65 Å². The number of nitrogens with one attached hydrogen (secondary N) is 3. The number of fused-ring (bicyclic) bond motifs is 2. The number of hydrogen-bond donors (Lipinski definition) is 3. The Kier molecular flexibility index (Phi) is 9.20. The number of amides is 1. The maximum absolute atomic E-state index is 14.5. The molecule has 0 bridgehead atoms. The lowest BCUT2D eigenvalue weighted by molar-refractivity contribution is 0.0917. The molecule has 1 saturated carbocycles. The first kappa shape index (κ1) is 33.6. The number of hydrogen-bond acceptors (Lipinski definition) is 7. The number of pyridine rings is 2. The molecule has 0 spiro atoms. The second-order valence-electron chi connectivity index (χ2n) is 13.7. The Labute approximate surface area is 297 Å². The standard InChI is InChI=1S/C39H38F2N8O3/c40-27-8-13-35-46-34(23-47(35)22-27)37(50)45-30-9-11-31(12-10-30)49-38(51)33-19-28(41)21-44-36(33)48(39(49)52)32-3-1-2-26(18-32)25-6-4-24(5-7-25)20-43-29-14-16-42-17-15-29/h1-8,13,18-19,21-23,29-31,42-43H,9-12,14-17,20H2,(H,45,50). The normalized spacial score (nSPS) is 18.2. The molecule has 3 N–H and O–H groups in total. The fourth-order valence-corrected chi connectivity index (χ4v) is 7.48. The van der Waals surface area contributed by atoms with Crippen LogP contribution in [0, 0.1) is 11.6 Å². The number of carbonyl (C=O) groups is 1. The number of carbonyl (C=O) groups excluding carboxylic acids is 1. The van der Waals surface area contributed by atoms with Gasteiger partial charge in [-0.15, -0.1) is 0 Å². The Morgan fingerprint density at radius 3 is 2.42 bits per heavy atom. The van der Waals surface area contributed by atoms with E-state index in [-0.39, 0.29) is 28.7 Å². The van der Waals surface area contributed by atoms with Crippen LogP contribution in [0.4, 0.5) is 8.78 Å². The third kappa shape index (κ3) is 6.76. The number of imidazole rings is 1. The molecule has 1 amide bonds. The van der Waals surface area contributed by atoms with Gasteiger partial charge in [0.25, 0.3) is 11.5 Å². The fourth-order valence-electron chi connectivity index (χ4n) is 7.48. The summed E-state index contributed by atoms with van der Waals surface area (Å²) in [4.78, 5) is 49.7. The van der Waals surface area contributed by atoms with Crippen molar-refractivity contribution in [2.24, 2.45) is 0 Å². The SMILES string of the molecule is O=C(NC1CCC(n2c(=O)c3cc(F)cnc3n(-c3cccc(-c4ccc(CNC5CCNCC5)cc4)c3)c2=O)CC1)c1cn2cc(F)ccc2n1. The Balaban J connectivity index is 1.04. The number of aromatic nitrogens is 5. The van der Waals surface area contributed by atoms with Crippen molar-refractivity contribution in [2.75, 3.05) is 13.1 Å². The smallest absolute Gasteiger partial charge is 0.337 e. The van der Waals surface area contributed by atoms with E-state index in [0.717, 1.165) is 55.9 Å². The number of halogens is 2. The van der Waals surface area contributed by atoms with E-state index < -0.39 is 28.9 Å². The summed E-state index contributed by atoms with van der Waals surface area (Å²) in [5.74, 6) is -1.50. The van der Waals surface area contributed by atoms with Crippen LogP contribution < -0.4 is 27.2 Å². The lowest BCUT2D eigenvalue weighted by Gasteiger charge is -2.30. The molecule has 5 heterocycles. The summed E-state index contributed by atoms with van der Waals surface area (Å²) in [5, 5.41) is 10.0. The van der Waals surface area contributed by atoms with Crippen molar-refractivity contribution in [1.82, 2.24) is 39.5 Å². The van der Waals surface area contributed by atoms with Crippen LogP contribution in [0.1, 0.15) is 60.6 Å². The molecule has 0 atom stereocenters. The predicted octanol–water partition coefficient (Wildman–Crippen LogP) is 4.90. The van der Waals surface area contributed by atoms with Crippen molar-refractivity contribution in [3.8, 4) is 16.8 Å². The van der Waals surface area contributed by atoms with Gasteiger partial charge in [-0.05, 0) is 98.6 Å². The van der Waals surface area contributed by atoms with Crippen molar-refractivity contribution < 1.29 is 13.6 Å². The third-order valence-electron chi connectivity index (χ3n) is 10.3. The highest BCUT2D eigenvalue weighted by molar-refractivity contribution is 5.93. The lowest BCUT2D eigenvalue weighted by atomic mass is 9.90. The van der Waals surface area contributed by atoms with E-state index in [1.807, 2.05) is 18.2 Å². The summed E-state index contributed by atoms with van der Waals surface area (Å²) in [6.07, 6.45) is 7.84. The van der Waals surface area contributed by atoms with Crippen molar-refractivity contribution in [3.05, 3.63) is 129 Å². The van der Waals surface area contributed by atoms with Gasteiger partial charge in [-0.2, -0.15) is 0 Å². The van der Waals surface area contributed by atoms with Crippen LogP contribution in [0.3, 0.4) is 0 Å². The number of rotatable bonds is 8. The summed E-state index contributed by atoms with van der Waals surface area (Å²) in [5.41, 5.74) is 3.07. The molecule has 1 aliphatic heterocycles. The van der Waals surface area contributed by atoms with E-state index in [0.29, 0.717) is 43.1 Å². The highest BCUT2D eigenvalue weighted by Crippen LogP contribution is 2.29. The maximum atomic E-state index is 14.5. The summed E-state index contributed by atoms with van der Waals surface area (Å²) >= 11 is 0. The van der Waals surface area contributed by atoms with E-state index in [1.165, 1.54) is 43.6 Å². The molecule has 266 valence electrons. The summed E-state index contributed by atoms with van der Waals surface area (Å²) in [7, 11) is 0. The van der Waals surface area contributed by atoms with E-state index in [9.17, 15) is 23.2 Å². The molecule has 52 heavy (non-hydrogen) atoms. The molecule has 8 rings (SSSR count). The van der Waals surface area contributed by atoms with Gasteiger partial charge in [0.05, 0.1) is 17.3 Å². The summed E-state index contributed by atoms with van der Waals surface area (Å²) in [6.45, 7) is 2.85. The Hall–Kier alpha value is -5.53. The zero-order valence-electron chi connectivity index (χ0n) is 28.4. The van der Waals surface area contributed by atoms with Gasteiger partial charge in [0, 0.05) is 37.1 Å². The Bertz CT molecular complexity index is 2390. The van der Waals surface area contributed by atoms with E-state index >= 15 is 0 Å². The van der Waals surface area contributed by atoms with Gasteiger partial charge < -0.3 is 20.4 Å². The molecule has 2 aliphatic rings. The molecule has 13 heteroatoms. The van der Waals surface area contributed by atoms with Crippen molar-refractivity contribution >= 4 is 22.6 Å². The van der Waals surface area contributed by atoms with Gasteiger partial charge in [-0.3, -0.25) is 14.2 Å². The Morgan fingerprint density at radius 2 is 1.63 bits per heavy atom. The molecule has 1 aliphatic carbocycles. The van der Waals surface area contributed by atoms with Crippen molar-refractivity contribution in [3.63, 3.8) is 0 Å². The van der Waals surface area contributed by atoms with E-state index in [1.54, 1.807) is 6.07 Å². The van der Waals surface area contributed by atoms with E-state index in [4.69, 9.17) is 0 Å². The largest absolute Gasteiger partial charge is 0.348 e. The monoisotopic (exact) mass is 704 g/mol. The molecule has 2 fully saturated rings. The average molecular weight is 705 g/mol. The van der Waals surface area contributed by atoms with Gasteiger partial charge >= 0.3 is 5.69 Å². The zero-order valence-corrected chi connectivity index (χ0v) is 28.4. The minimum absolute atomic E-state index is 0.00862. The highest BCUT2D eigenvalue weighted by Gasteiger charge is 2.29. The minimum atomic E-state index is -0.675. The van der Waals surface area contributed by atoms with Gasteiger partial charge in [-0.25, -0.2) is 28.1 Å². The predicted molar refractivity (Wildman–Crippen MR) is 194 cm³/mol. The van der Waals surface area contributed by atoms with Gasteiger partial charge in [0.1, 0.15) is 23.0 Å². The molecular formula is C39H38F2N8O3. The van der Waals surface area contributed by atoms with Crippen LogP contribution in [0.2, 0.25) is 0 Å². The number of piperidine rings is 1. The Morgan fingerprint density at radius 1 is 0.846 bits per heavy atom. The maximum Gasteiger partial charge on any atom is 0.337 e. The van der Waals surface area contributed by atoms with Crippen LogP contribution in [-0.4, -0.2) is 54.6 Å². The summed E-state index contributed by atoms with van der Waals surface area (Å²) < 4.78 is 32.2. The molecule has 0 unspecified atom stereocenters. The van der Waals surface area contributed by atoms with Gasteiger partial charge in [0.2, 0.25) is 0 Å². The van der Waals surface area contributed by atoms with Crippen LogP contribution in [0.15, 0.2) is 94.9 Å². The average Bonchev–Trinajstić information content (AvgIpc) is 3.59. The number of benzene rings is 2. The first-order valence-corrected chi connectivity index (χ1v) is 17.7. The van der Waals surface area contributed by atoms with Crippen LogP contribution in [0.5, 0.6) is 0 Å². The first-order valence-electron chi connectivity index (χ1n) is 17.7. The van der Waals surface area contributed by atoms with Crippen molar-refractivity contribution in [1.29, 1.82) is 0 Å². The molecule has 6 aromatic rings. The quantitative estimate of drug-likeness (QED) is 0.206. The lowest BCUT2D eigenvalue weighted by Crippen LogP contribution is -2.45. The van der Waals surface area contributed by atoms with Gasteiger partial charge in [-0.1, -0.05) is 36.4 Å². The van der Waals surface area contributed by atoms with Crippen LogP contribution in [0.25, 0.3) is 33.5 Å². The summed E-state index contributed by atoms with van der Waals surface area (Å²) in [6, 6.07) is 19.5. The molecule has 1 saturated heterocycles. The topological polar surface area (TPSA) is 127 Å². The highest BCUT2D eigenvalue weighted by atomic mass is 19.1. The molecule has 11 nitrogen and oxygen atoms in total. The van der Waals surface area contributed by atoms with Crippen LogP contribution >= 0.6 is 0 Å². The third-order valence-corrected chi connectivity index (χ3v) is 10.3. The molecular weight excluding hydrogens is 666 g/mol. The van der Waals surface area contributed by atoms with Crippen molar-refractivity contribution in [2.45, 2.75) is 63.2 Å². The molecule has 4 aromatic heterocycles. The minimum Gasteiger partial charge on any atom is -0.348 e. The second-order valence-corrected chi connectivity index (χ2v) is 13.7. The van der Waals surface area contributed by atoms with Crippen LogP contribution in [-0.2, 0) is 6.54 Å². The van der Waals surface area contributed by atoms with E-state index in [2.05, 4.69) is 50.2 Å². The fraction of sp³-hybridized carbons (Fsp3) is 0.308. The second kappa shape index (κ2) is 14.2. The zero-order chi connectivity index (χ0) is 35.8. The number of nitrogens with zero attached hydrogens (tertiary/aromatic N) is 5. The first-order chi connectivity index (χ1) is 25.3. The molecule has 0 radical (unpaired) electrons.